The molecular weight excluding hydrogens is 805 g/mol. The van der Waals surface area contributed by atoms with Gasteiger partial charge in [0.15, 0.2) is 0 Å². The van der Waals surface area contributed by atoms with Crippen LogP contribution < -0.4 is 22.1 Å². The van der Waals surface area contributed by atoms with E-state index in [2.05, 4.69) is 10.6 Å². The van der Waals surface area contributed by atoms with Crippen LogP contribution in [0, 0.1) is 22.7 Å². The van der Waals surface area contributed by atoms with Crippen molar-refractivity contribution in [3.63, 3.8) is 0 Å². The first-order chi connectivity index (χ1) is 27.1. The number of rotatable bonds is 21. The third-order valence-electron chi connectivity index (χ3n) is 10.3. The molecule has 346 valence electrons. The van der Waals surface area contributed by atoms with Gasteiger partial charge in [-0.3, -0.25) is 19.2 Å². The van der Waals surface area contributed by atoms with E-state index < -0.39 is 80.3 Å². The van der Waals surface area contributed by atoms with Crippen LogP contribution >= 0.6 is 21.6 Å². The SMILES string of the molecule is CCOC(=O)C(C)=C[C@H](C(C)C)N(C)C(=O)[C@@H](NC(=O)[C@@H](N)C(C)(C)SSC(C)(C)[C@H](N)C(=O)N[C@H](C(=O)N(C)[C@H](C=C(C)C(=O)OCC)C(C)C)C(C)(C)C)C(C)(C)C. The van der Waals surface area contributed by atoms with Crippen molar-refractivity contribution in [1.82, 2.24) is 20.4 Å². The normalized spacial score (nSPS) is 16.3. The summed E-state index contributed by atoms with van der Waals surface area (Å²) in [5.41, 5.74) is 12.6. The summed E-state index contributed by atoms with van der Waals surface area (Å²) in [6, 6.07) is -4.98. The van der Waals surface area contributed by atoms with Crippen molar-refractivity contribution in [3.8, 4) is 0 Å². The van der Waals surface area contributed by atoms with Gasteiger partial charge in [-0.2, -0.15) is 0 Å². The molecule has 4 amide bonds. The smallest absolute Gasteiger partial charge is 0.333 e. The number of nitrogens with zero attached hydrogens (tertiary/aromatic N) is 2. The van der Waals surface area contributed by atoms with E-state index in [0.717, 1.165) is 0 Å². The minimum absolute atomic E-state index is 0.0553. The molecule has 0 saturated heterocycles. The zero-order valence-electron chi connectivity index (χ0n) is 40.3. The standard InChI is InChI=1S/C44H80N6O8S2/c1-21-57-39(55)27(7)23-29(25(3)4)49(19)37(53)33(41(9,10)11)47-35(51)31(45)43(15,16)59-60-44(17,18)32(46)36(52)48-34(42(12,13)14)38(54)50(20)30(26(5)6)24-28(8)40(56)58-22-2/h23-26,29-34H,21-22,45-46H2,1-20H3,(H,47,51)(H,48,52)/t29-,30-,31-,32-,33-,34-/m1/s1. The van der Waals surface area contributed by atoms with Gasteiger partial charge < -0.3 is 41.4 Å². The molecule has 0 aliphatic heterocycles. The number of likely N-dealkylation sites (N-methyl/N-ethyl adjacent to an activating group) is 2. The second-order valence-corrected chi connectivity index (χ2v) is 22.9. The Kier molecular flexibility index (Phi) is 22.2. The van der Waals surface area contributed by atoms with Crippen molar-refractivity contribution in [2.45, 2.75) is 170 Å². The van der Waals surface area contributed by atoms with Gasteiger partial charge in [-0.1, -0.05) is 103 Å². The Labute approximate surface area is 369 Å². The molecule has 0 radical (unpaired) electrons. The molecule has 6 atom stereocenters. The Morgan fingerprint density at radius 3 is 1.07 bits per heavy atom. The summed E-state index contributed by atoms with van der Waals surface area (Å²) in [6.07, 6.45) is 3.43. The van der Waals surface area contributed by atoms with Gasteiger partial charge in [0.2, 0.25) is 23.6 Å². The molecule has 0 rings (SSSR count). The van der Waals surface area contributed by atoms with Crippen LogP contribution in [0.5, 0.6) is 0 Å². The van der Waals surface area contributed by atoms with Crippen molar-refractivity contribution < 1.29 is 38.2 Å². The number of nitrogens with two attached hydrogens (primary N) is 2. The Balaban J connectivity index is 6.20. The summed E-state index contributed by atoms with van der Waals surface area (Å²) >= 11 is 0. The molecule has 0 bridgehead atoms. The van der Waals surface area contributed by atoms with E-state index in [0.29, 0.717) is 11.1 Å². The molecular formula is C44H80N6O8S2. The highest BCUT2D eigenvalue weighted by Crippen LogP contribution is 2.46. The zero-order chi connectivity index (χ0) is 47.5. The first-order valence-corrected chi connectivity index (χ1v) is 23.0. The Hall–Kier alpha value is -3.08. The Bertz CT molecular complexity index is 1450. The summed E-state index contributed by atoms with van der Waals surface area (Å²) < 4.78 is 8.46. The second kappa shape index (κ2) is 23.4. The molecule has 6 N–H and O–H groups in total. The molecule has 16 heteroatoms. The molecule has 14 nitrogen and oxygen atoms in total. The fourth-order valence-corrected chi connectivity index (χ4v) is 8.82. The Morgan fingerprint density at radius 2 is 0.850 bits per heavy atom. The quantitative estimate of drug-likeness (QED) is 0.0630. The first kappa shape index (κ1) is 56.9. The van der Waals surface area contributed by atoms with E-state index in [4.69, 9.17) is 20.9 Å². The lowest BCUT2D eigenvalue weighted by Crippen LogP contribution is -2.61. The van der Waals surface area contributed by atoms with Crippen LogP contribution in [0.3, 0.4) is 0 Å². The average molecular weight is 885 g/mol. The van der Waals surface area contributed by atoms with Gasteiger partial charge in [0.25, 0.3) is 0 Å². The maximum absolute atomic E-state index is 14.1. The predicted octanol–water partition coefficient (Wildman–Crippen LogP) is 5.63. The maximum Gasteiger partial charge on any atom is 0.333 e. The molecule has 0 aliphatic rings. The molecule has 0 aromatic heterocycles. The van der Waals surface area contributed by atoms with Crippen molar-refractivity contribution >= 4 is 57.2 Å². The van der Waals surface area contributed by atoms with Crippen molar-refractivity contribution in [2.75, 3.05) is 27.3 Å². The van der Waals surface area contributed by atoms with Crippen molar-refractivity contribution in [3.05, 3.63) is 23.3 Å². The van der Waals surface area contributed by atoms with Gasteiger partial charge in [-0.15, -0.1) is 0 Å². The fourth-order valence-electron chi connectivity index (χ4n) is 6.05. The lowest BCUT2D eigenvalue weighted by molar-refractivity contribution is -0.141. The second-order valence-electron chi connectivity index (χ2n) is 19.5. The van der Waals surface area contributed by atoms with Crippen molar-refractivity contribution in [2.24, 2.45) is 34.1 Å². The number of esters is 2. The van der Waals surface area contributed by atoms with Crippen LogP contribution in [0.2, 0.25) is 0 Å². The maximum atomic E-state index is 14.1. The van der Waals surface area contributed by atoms with Gasteiger partial charge in [0.1, 0.15) is 12.1 Å². The minimum Gasteiger partial charge on any atom is -0.463 e. The van der Waals surface area contributed by atoms with Crippen LogP contribution in [0.25, 0.3) is 0 Å². The highest BCUT2D eigenvalue weighted by Gasteiger charge is 2.44. The largest absolute Gasteiger partial charge is 0.463 e. The van der Waals surface area contributed by atoms with Crippen molar-refractivity contribution in [1.29, 1.82) is 0 Å². The number of hydrogen-bond acceptors (Lipinski definition) is 12. The molecule has 0 fully saturated rings. The van der Waals surface area contributed by atoms with E-state index in [9.17, 15) is 28.8 Å². The molecule has 0 saturated carbocycles. The summed E-state index contributed by atoms with van der Waals surface area (Å²) in [5, 5.41) is 5.84. The van der Waals surface area contributed by atoms with E-state index in [1.54, 1.807) is 63.7 Å². The van der Waals surface area contributed by atoms with Gasteiger partial charge in [0.05, 0.1) is 37.4 Å². The average Bonchev–Trinajstić information content (AvgIpc) is 3.13. The molecule has 0 aromatic carbocycles. The van der Waals surface area contributed by atoms with E-state index >= 15 is 0 Å². The van der Waals surface area contributed by atoms with E-state index in [1.165, 1.54) is 21.6 Å². The van der Waals surface area contributed by atoms with Crippen LogP contribution in [0.4, 0.5) is 0 Å². The summed E-state index contributed by atoms with van der Waals surface area (Å²) in [4.78, 5) is 83.8. The van der Waals surface area contributed by atoms with Crippen LogP contribution in [0.1, 0.15) is 125 Å². The van der Waals surface area contributed by atoms with Gasteiger partial charge in [-0.05, 0) is 78.1 Å². The Morgan fingerprint density at radius 1 is 0.583 bits per heavy atom. The number of ether oxygens (including phenoxy) is 2. The van der Waals surface area contributed by atoms with Crippen LogP contribution in [0.15, 0.2) is 23.3 Å². The van der Waals surface area contributed by atoms with Crippen LogP contribution in [-0.2, 0) is 38.2 Å². The van der Waals surface area contributed by atoms with E-state index in [-0.39, 0.29) is 36.9 Å². The molecule has 0 aliphatic carbocycles. The minimum atomic E-state index is -1.08. The van der Waals surface area contributed by atoms with Gasteiger partial charge in [0, 0.05) is 34.7 Å². The lowest BCUT2D eigenvalue weighted by atomic mass is 9.84. The predicted molar refractivity (Wildman–Crippen MR) is 246 cm³/mol. The monoisotopic (exact) mass is 885 g/mol. The van der Waals surface area contributed by atoms with Gasteiger partial charge >= 0.3 is 11.9 Å². The summed E-state index contributed by atoms with van der Waals surface area (Å²) in [5.74, 6) is -2.77. The zero-order valence-corrected chi connectivity index (χ0v) is 42.0. The van der Waals surface area contributed by atoms with E-state index in [1.807, 2.05) is 96.9 Å². The molecule has 0 heterocycles. The first-order valence-electron chi connectivity index (χ1n) is 20.8. The lowest BCUT2D eigenvalue weighted by Gasteiger charge is -2.40. The number of nitrogens with one attached hydrogen (secondary N) is 2. The number of hydrogen-bond donors (Lipinski definition) is 4. The molecule has 0 spiro atoms. The van der Waals surface area contributed by atoms with Crippen LogP contribution in [-0.4, -0.2) is 118 Å². The van der Waals surface area contributed by atoms with Gasteiger partial charge in [-0.25, -0.2) is 9.59 Å². The molecule has 0 aromatic rings. The third kappa shape index (κ3) is 16.7. The third-order valence-corrected chi connectivity index (χ3v) is 14.6. The summed E-state index contributed by atoms with van der Waals surface area (Å²) in [6.45, 7) is 33.3. The number of carbonyl (C=O) groups excluding carboxylic acids is 6. The topological polar surface area (TPSA) is 203 Å². The number of carbonyl (C=O) groups is 6. The highest BCUT2D eigenvalue weighted by molar-refractivity contribution is 8.77. The fraction of sp³-hybridized carbons (Fsp3) is 0.773. The molecule has 0 unspecified atom stereocenters. The summed E-state index contributed by atoms with van der Waals surface area (Å²) in [7, 11) is 5.90. The highest BCUT2D eigenvalue weighted by atomic mass is 33.1. The number of amides is 4. The molecule has 60 heavy (non-hydrogen) atoms.